The van der Waals surface area contributed by atoms with Crippen LogP contribution in [-0.4, -0.2) is 35.0 Å². The third-order valence-electron chi connectivity index (χ3n) is 4.55. The summed E-state index contributed by atoms with van der Waals surface area (Å²) in [5, 5.41) is 4.86. The Morgan fingerprint density at radius 1 is 1.16 bits per heavy atom. The highest BCUT2D eigenvalue weighted by atomic mass is 32.1. The largest absolute Gasteiger partial charge is 0.497 e. The van der Waals surface area contributed by atoms with E-state index in [1.807, 2.05) is 12.1 Å². The molecule has 158 valence electrons. The normalized spacial score (nSPS) is 10.8. The number of nitrogens with one attached hydrogen (secondary N) is 1. The fraction of sp³-hybridized carbons (Fsp3) is 0.136. The van der Waals surface area contributed by atoms with Crippen molar-refractivity contribution in [2.24, 2.45) is 0 Å². The molecule has 0 unspecified atom stereocenters. The summed E-state index contributed by atoms with van der Waals surface area (Å²) in [6.45, 7) is 1.91. The first-order chi connectivity index (χ1) is 15.0. The van der Waals surface area contributed by atoms with Crippen LogP contribution in [0, 0.1) is 5.82 Å². The molecule has 0 aliphatic rings. The number of anilines is 1. The lowest BCUT2D eigenvalue weighted by Crippen LogP contribution is -2.15. The molecule has 0 spiro atoms. The Balaban J connectivity index is 1.68. The molecule has 3 heterocycles. The fourth-order valence-electron chi connectivity index (χ4n) is 3.08. The first-order valence-electron chi connectivity index (χ1n) is 9.38. The molecule has 3 aromatic heterocycles. The number of imidazole rings is 1. The number of esters is 1. The topological polar surface area (TPSA) is 81.9 Å². The van der Waals surface area contributed by atoms with Crippen LogP contribution < -0.4 is 10.1 Å². The molecule has 31 heavy (non-hydrogen) atoms. The molecule has 0 aliphatic heterocycles. The van der Waals surface area contributed by atoms with E-state index in [1.54, 1.807) is 31.5 Å². The van der Waals surface area contributed by atoms with E-state index in [1.165, 1.54) is 40.3 Å². The number of ether oxygens (including phenoxy) is 2. The summed E-state index contributed by atoms with van der Waals surface area (Å²) in [5.74, 6) is -0.808. The van der Waals surface area contributed by atoms with Crippen molar-refractivity contribution in [2.45, 2.75) is 6.92 Å². The molecule has 9 heteroatoms. The molecule has 0 saturated carbocycles. The smallest absolute Gasteiger partial charge is 0.341 e. The number of aromatic nitrogens is 2. The van der Waals surface area contributed by atoms with Crippen molar-refractivity contribution in [3.05, 3.63) is 71.2 Å². The highest BCUT2D eigenvalue weighted by molar-refractivity contribution is 7.15. The van der Waals surface area contributed by atoms with Crippen LogP contribution in [0.15, 0.2) is 54.2 Å². The zero-order chi connectivity index (χ0) is 22.0. The van der Waals surface area contributed by atoms with E-state index in [0.717, 1.165) is 5.56 Å². The van der Waals surface area contributed by atoms with E-state index in [4.69, 9.17) is 9.47 Å². The molecule has 0 saturated heterocycles. The number of methoxy groups -OCH3 is 1. The zero-order valence-electron chi connectivity index (χ0n) is 16.7. The van der Waals surface area contributed by atoms with Gasteiger partial charge in [-0.2, -0.15) is 0 Å². The highest BCUT2D eigenvalue weighted by Gasteiger charge is 2.24. The molecule has 0 bridgehead atoms. The van der Waals surface area contributed by atoms with Crippen LogP contribution in [0.3, 0.4) is 0 Å². The van der Waals surface area contributed by atoms with E-state index < -0.39 is 17.7 Å². The number of amides is 1. The van der Waals surface area contributed by atoms with Crippen LogP contribution in [0.25, 0.3) is 16.8 Å². The Hall–Kier alpha value is -3.72. The number of hydrogen-bond acceptors (Lipinski definition) is 6. The summed E-state index contributed by atoms with van der Waals surface area (Å²) in [7, 11) is 1.57. The van der Waals surface area contributed by atoms with E-state index in [9.17, 15) is 14.0 Å². The van der Waals surface area contributed by atoms with Crippen LogP contribution in [-0.2, 0) is 4.74 Å². The Morgan fingerprint density at radius 3 is 2.65 bits per heavy atom. The van der Waals surface area contributed by atoms with Crippen LogP contribution in [0.1, 0.15) is 27.8 Å². The maximum absolute atomic E-state index is 13.4. The predicted molar refractivity (Wildman–Crippen MR) is 115 cm³/mol. The standard InChI is InChI=1S/C22H18FN3O4S/c1-3-30-22(28)19-16(13-4-7-15(29-2)8-5-13)12-31-21(19)25-20(27)17-11-26-10-14(23)6-9-18(26)24-17/h4-12H,3H2,1-2H3,(H,25,27). The third-order valence-corrected chi connectivity index (χ3v) is 5.44. The van der Waals surface area contributed by atoms with Crippen molar-refractivity contribution in [3.8, 4) is 16.9 Å². The third kappa shape index (κ3) is 4.13. The van der Waals surface area contributed by atoms with Crippen molar-refractivity contribution < 1.29 is 23.5 Å². The number of halogens is 1. The summed E-state index contributed by atoms with van der Waals surface area (Å²) in [6, 6.07) is 9.97. The van der Waals surface area contributed by atoms with E-state index in [0.29, 0.717) is 22.0 Å². The molecule has 0 fully saturated rings. The van der Waals surface area contributed by atoms with Crippen molar-refractivity contribution in [2.75, 3.05) is 19.0 Å². The first-order valence-corrected chi connectivity index (χ1v) is 10.3. The van der Waals surface area contributed by atoms with Crippen LogP contribution in [0.4, 0.5) is 9.39 Å². The number of carbonyl (C=O) groups is 2. The molecule has 1 N–H and O–H groups in total. The molecule has 4 rings (SSSR count). The Kier molecular flexibility index (Phi) is 5.68. The van der Waals surface area contributed by atoms with Gasteiger partial charge in [-0.3, -0.25) is 4.79 Å². The first kappa shape index (κ1) is 20.5. The van der Waals surface area contributed by atoms with Gasteiger partial charge in [0.05, 0.1) is 13.7 Å². The zero-order valence-corrected chi connectivity index (χ0v) is 17.5. The monoisotopic (exact) mass is 439 g/mol. The van der Waals surface area contributed by atoms with Crippen LogP contribution >= 0.6 is 11.3 Å². The minimum absolute atomic E-state index is 0.0970. The molecule has 1 aromatic carbocycles. The number of benzene rings is 1. The van der Waals surface area contributed by atoms with E-state index in [2.05, 4.69) is 10.3 Å². The van der Waals surface area contributed by atoms with Crippen LogP contribution in [0.5, 0.6) is 5.75 Å². The number of pyridine rings is 1. The summed E-state index contributed by atoms with van der Waals surface area (Å²) < 4.78 is 25.2. The van der Waals surface area contributed by atoms with Crippen molar-refractivity contribution >= 4 is 33.9 Å². The van der Waals surface area contributed by atoms with E-state index >= 15 is 0 Å². The number of fused-ring (bicyclic) bond motifs is 1. The van der Waals surface area contributed by atoms with Crippen LogP contribution in [0.2, 0.25) is 0 Å². The minimum Gasteiger partial charge on any atom is -0.497 e. The molecule has 1 amide bonds. The average Bonchev–Trinajstić information content (AvgIpc) is 3.38. The molecule has 4 aromatic rings. The van der Waals surface area contributed by atoms with Gasteiger partial charge in [0.1, 0.15) is 33.5 Å². The second-order valence-corrected chi connectivity index (χ2v) is 7.38. The minimum atomic E-state index is -0.540. The van der Waals surface area contributed by atoms with Gasteiger partial charge >= 0.3 is 5.97 Å². The Labute approximate surface area is 181 Å². The predicted octanol–water partition coefficient (Wildman–Crippen LogP) is 4.64. The molecular formula is C22H18FN3O4S. The fourth-order valence-corrected chi connectivity index (χ4v) is 4.03. The van der Waals surface area contributed by atoms with Gasteiger partial charge in [-0.1, -0.05) is 12.1 Å². The van der Waals surface area contributed by atoms with Gasteiger partial charge in [0.15, 0.2) is 0 Å². The number of nitrogens with zero attached hydrogens (tertiary/aromatic N) is 2. The quantitative estimate of drug-likeness (QED) is 0.443. The van der Waals surface area contributed by atoms with Gasteiger partial charge < -0.3 is 19.2 Å². The maximum atomic E-state index is 13.4. The Morgan fingerprint density at radius 2 is 1.94 bits per heavy atom. The van der Waals surface area contributed by atoms with Gasteiger partial charge in [0.25, 0.3) is 5.91 Å². The van der Waals surface area contributed by atoms with Crippen molar-refractivity contribution in [1.82, 2.24) is 9.38 Å². The lowest BCUT2D eigenvalue weighted by atomic mass is 10.0. The summed E-state index contributed by atoms with van der Waals surface area (Å²) >= 11 is 1.21. The summed E-state index contributed by atoms with van der Waals surface area (Å²) in [4.78, 5) is 29.7. The molecule has 7 nitrogen and oxygen atoms in total. The van der Waals surface area contributed by atoms with Gasteiger partial charge in [-0.25, -0.2) is 14.2 Å². The number of carbonyl (C=O) groups excluding carboxylic acids is 2. The average molecular weight is 439 g/mol. The van der Waals surface area contributed by atoms with Crippen molar-refractivity contribution in [3.63, 3.8) is 0 Å². The highest BCUT2D eigenvalue weighted by Crippen LogP contribution is 2.37. The SMILES string of the molecule is CCOC(=O)c1c(-c2ccc(OC)cc2)csc1NC(=O)c1cn2cc(F)ccc2n1. The van der Waals surface area contributed by atoms with Crippen molar-refractivity contribution in [1.29, 1.82) is 0 Å². The molecule has 0 radical (unpaired) electrons. The summed E-state index contributed by atoms with van der Waals surface area (Å²) in [5.41, 5.74) is 2.21. The number of hydrogen-bond donors (Lipinski definition) is 1. The second kappa shape index (κ2) is 8.57. The lowest BCUT2D eigenvalue weighted by molar-refractivity contribution is 0.0529. The molecule has 0 atom stereocenters. The summed E-state index contributed by atoms with van der Waals surface area (Å²) in [6.07, 6.45) is 2.66. The molecule has 0 aliphatic carbocycles. The van der Waals surface area contributed by atoms with E-state index in [-0.39, 0.29) is 17.9 Å². The Bertz CT molecular complexity index is 1260. The van der Waals surface area contributed by atoms with Gasteiger partial charge in [0, 0.05) is 23.3 Å². The maximum Gasteiger partial charge on any atom is 0.341 e. The molecular weight excluding hydrogens is 421 g/mol. The van der Waals surface area contributed by atoms with Gasteiger partial charge in [-0.15, -0.1) is 11.3 Å². The lowest BCUT2D eigenvalue weighted by Gasteiger charge is -2.08. The second-order valence-electron chi connectivity index (χ2n) is 6.50. The number of rotatable bonds is 6. The van der Waals surface area contributed by atoms with Gasteiger partial charge in [0.2, 0.25) is 0 Å². The number of thiophene rings is 1. The van der Waals surface area contributed by atoms with Gasteiger partial charge in [-0.05, 0) is 36.8 Å².